The smallest absolute Gasteiger partial charge is 0.254 e. The first-order chi connectivity index (χ1) is 9.02. The molecule has 5 heteroatoms. The lowest BCUT2D eigenvalue weighted by atomic mass is 9.92. The number of amides is 1. The van der Waals surface area contributed by atoms with Crippen LogP contribution < -0.4 is 5.73 Å². The number of aryl methyl sites for hydroxylation is 1. The third-order valence-corrected chi connectivity index (χ3v) is 4.34. The van der Waals surface area contributed by atoms with Crippen LogP contribution in [0.1, 0.15) is 35.7 Å². The van der Waals surface area contributed by atoms with Crippen LogP contribution in [0, 0.1) is 12.8 Å². The summed E-state index contributed by atoms with van der Waals surface area (Å²) >= 11 is 6.00. The molecule has 0 saturated carbocycles. The Morgan fingerprint density at radius 2 is 2.20 bits per heavy atom. The van der Waals surface area contributed by atoms with E-state index < -0.39 is 0 Å². The maximum Gasteiger partial charge on any atom is 0.254 e. The van der Waals surface area contributed by atoms with E-state index in [1.165, 1.54) is 0 Å². The molecule has 0 radical (unpaired) electrons. The Balaban J connectivity index is 0.00000200. The monoisotopic (exact) mass is 316 g/mol. The summed E-state index contributed by atoms with van der Waals surface area (Å²) in [5.74, 6) is 0.715. The number of benzene rings is 1. The zero-order valence-corrected chi connectivity index (χ0v) is 13.5. The van der Waals surface area contributed by atoms with Gasteiger partial charge in [-0.05, 0) is 49.4 Å². The predicted molar refractivity (Wildman–Crippen MR) is 85.7 cm³/mol. The fourth-order valence-electron chi connectivity index (χ4n) is 2.69. The highest BCUT2D eigenvalue weighted by Crippen LogP contribution is 2.25. The molecule has 0 spiro atoms. The second kappa shape index (κ2) is 7.30. The summed E-state index contributed by atoms with van der Waals surface area (Å²) in [4.78, 5) is 14.5. The molecular formula is C15H22Cl2N2O. The van der Waals surface area contributed by atoms with Crippen LogP contribution in [0.2, 0.25) is 5.02 Å². The molecule has 2 N–H and O–H groups in total. The minimum absolute atomic E-state index is 0. The SMILES string of the molecule is Cc1cc(C(=O)N2CCC(C)CC2CN)ccc1Cl.Cl. The first kappa shape index (κ1) is 17.3. The van der Waals surface area contributed by atoms with Crippen molar-refractivity contribution in [3.8, 4) is 0 Å². The van der Waals surface area contributed by atoms with Gasteiger partial charge in [0.25, 0.3) is 5.91 Å². The molecule has 1 aliphatic rings. The Bertz CT molecular complexity index is 479. The van der Waals surface area contributed by atoms with Crippen molar-refractivity contribution in [3.05, 3.63) is 34.3 Å². The standard InChI is InChI=1S/C15H21ClN2O.ClH/c1-10-5-6-18(13(7-10)9-17)15(19)12-3-4-14(16)11(2)8-12;/h3-4,8,10,13H,5-7,9,17H2,1-2H3;1H. The fourth-order valence-corrected chi connectivity index (χ4v) is 2.80. The van der Waals surface area contributed by atoms with Gasteiger partial charge in [0, 0.05) is 29.7 Å². The Labute approximate surface area is 131 Å². The topological polar surface area (TPSA) is 46.3 Å². The lowest BCUT2D eigenvalue weighted by Crippen LogP contribution is -2.49. The number of likely N-dealkylation sites (tertiary alicyclic amines) is 1. The van der Waals surface area contributed by atoms with Crippen LogP contribution in [0.3, 0.4) is 0 Å². The number of nitrogens with two attached hydrogens (primary N) is 1. The van der Waals surface area contributed by atoms with Crippen LogP contribution in [0.15, 0.2) is 18.2 Å². The summed E-state index contributed by atoms with van der Waals surface area (Å²) in [5, 5.41) is 0.694. The summed E-state index contributed by atoms with van der Waals surface area (Å²) in [7, 11) is 0. The van der Waals surface area contributed by atoms with Crippen LogP contribution >= 0.6 is 24.0 Å². The normalized spacial score (nSPS) is 22.3. The molecule has 1 heterocycles. The van der Waals surface area contributed by atoms with E-state index >= 15 is 0 Å². The number of nitrogens with zero attached hydrogens (tertiary/aromatic N) is 1. The van der Waals surface area contributed by atoms with Crippen LogP contribution in [0.25, 0.3) is 0 Å². The Morgan fingerprint density at radius 3 is 2.80 bits per heavy atom. The quantitative estimate of drug-likeness (QED) is 0.910. The van der Waals surface area contributed by atoms with E-state index in [2.05, 4.69) is 6.92 Å². The highest BCUT2D eigenvalue weighted by molar-refractivity contribution is 6.31. The van der Waals surface area contributed by atoms with Gasteiger partial charge in [0.05, 0.1) is 0 Å². The lowest BCUT2D eigenvalue weighted by molar-refractivity contribution is 0.0573. The first-order valence-electron chi connectivity index (χ1n) is 6.80. The zero-order valence-electron chi connectivity index (χ0n) is 11.9. The van der Waals surface area contributed by atoms with Gasteiger partial charge in [0.15, 0.2) is 0 Å². The zero-order chi connectivity index (χ0) is 14.0. The fraction of sp³-hybridized carbons (Fsp3) is 0.533. The average Bonchev–Trinajstić information content (AvgIpc) is 2.41. The number of hydrogen-bond donors (Lipinski definition) is 1. The van der Waals surface area contributed by atoms with Gasteiger partial charge >= 0.3 is 0 Å². The van der Waals surface area contributed by atoms with E-state index in [9.17, 15) is 4.79 Å². The maximum absolute atomic E-state index is 12.6. The van der Waals surface area contributed by atoms with E-state index in [-0.39, 0.29) is 24.4 Å². The molecule has 1 amide bonds. The molecule has 2 atom stereocenters. The van der Waals surface area contributed by atoms with Crippen LogP contribution in [-0.4, -0.2) is 29.9 Å². The van der Waals surface area contributed by atoms with Gasteiger partial charge in [0.1, 0.15) is 0 Å². The molecule has 0 aliphatic carbocycles. The number of carbonyl (C=O) groups excluding carboxylic acids is 1. The Kier molecular flexibility index (Phi) is 6.31. The molecule has 1 aromatic carbocycles. The number of hydrogen-bond acceptors (Lipinski definition) is 2. The second-order valence-corrected chi connectivity index (χ2v) is 5.89. The van der Waals surface area contributed by atoms with Gasteiger partial charge in [-0.25, -0.2) is 0 Å². The third kappa shape index (κ3) is 3.66. The van der Waals surface area contributed by atoms with Gasteiger partial charge in [-0.15, -0.1) is 12.4 Å². The van der Waals surface area contributed by atoms with Crippen molar-refractivity contribution < 1.29 is 4.79 Å². The molecule has 3 nitrogen and oxygen atoms in total. The molecule has 112 valence electrons. The maximum atomic E-state index is 12.6. The van der Waals surface area contributed by atoms with Crippen LogP contribution in [0.4, 0.5) is 0 Å². The molecule has 2 unspecified atom stereocenters. The van der Waals surface area contributed by atoms with Gasteiger partial charge in [-0.2, -0.15) is 0 Å². The van der Waals surface area contributed by atoms with E-state index in [0.717, 1.165) is 24.9 Å². The summed E-state index contributed by atoms with van der Waals surface area (Å²) in [6.07, 6.45) is 2.05. The molecule has 20 heavy (non-hydrogen) atoms. The van der Waals surface area contributed by atoms with Crippen LogP contribution in [-0.2, 0) is 0 Å². The number of halogens is 2. The molecule has 1 fully saturated rings. The van der Waals surface area contributed by atoms with E-state index in [1.54, 1.807) is 12.1 Å². The summed E-state index contributed by atoms with van der Waals surface area (Å²) in [6.45, 7) is 5.46. The molecular weight excluding hydrogens is 295 g/mol. The molecule has 0 aromatic heterocycles. The first-order valence-corrected chi connectivity index (χ1v) is 7.18. The molecule has 0 bridgehead atoms. The van der Waals surface area contributed by atoms with Crippen molar-refractivity contribution in [2.24, 2.45) is 11.7 Å². The summed E-state index contributed by atoms with van der Waals surface area (Å²) in [5.41, 5.74) is 7.45. The average molecular weight is 317 g/mol. The summed E-state index contributed by atoms with van der Waals surface area (Å²) < 4.78 is 0. The van der Waals surface area contributed by atoms with E-state index in [1.807, 2.05) is 17.9 Å². The molecule has 2 rings (SSSR count). The van der Waals surface area contributed by atoms with Crippen molar-refractivity contribution in [3.63, 3.8) is 0 Å². The Hall–Kier alpha value is -0.770. The number of carbonyl (C=O) groups is 1. The summed E-state index contributed by atoms with van der Waals surface area (Å²) in [6, 6.07) is 5.60. The number of piperidine rings is 1. The van der Waals surface area contributed by atoms with Gasteiger partial charge in [0.2, 0.25) is 0 Å². The highest BCUT2D eigenvalue weighted by atomic mass is 35.5. The lowest BCUT2D eigenvalue weighted by Gasteiger charge is -2.38. The van der Waals surface area contributed by atoms with Crippen molar-refractivity contribution in [1.82, 2.24) is 4.90 Å². The van der Waals surface area contributed by atoms with Crippen LogP contribution in [0.5, 0.6) is 0 Å². The second-order valence-electron chi connectivity index (χ2n) is 5.48. The molecule has 1 saturated heterocycles. The van der Waals surface area contributed by atoms with Crippen molar-refractivity contribution in [2.75, 3.05) is 13.1 Å². The number of rotatable bonds is 2. The third-order valence-electron chi connectivity index (χ3n) is 3.92. The van der Waals surface area contributed by atoms with Crippen molar-refractivity contribution in [2.45, 2.75) is 32.7 Å². The predicted octanol–water partition coefficient (Wildman–Crippen LogP) is 3.27. The van der Waals surface area contributed by atoms with Crippen molar-refractivity contribution >= 4 is 29.9 Å². The largest absolute Gasteiger partial charge is 0.334 e. The van der Waals surface area contributed by atoms with Crippen molar-refractivity contribution in [1.29, 1.82) is 0 Å². The van der Waals surface area contributed by atoms with E-state index in [0.29, 0.717) is 23.0 Å². The Morgan fingerprint density at radius 1 is 1.50 bits per heavy atom. The minimum Gasteiger partial charge on any atom is -0.334 e. The van der Waals surface area contributed by atoms with E-state index in [4.69, 9.17) is 17.3 Å². The molecule has 1 aromatic rings. The van der Waals surface area contributed by atoms with Gasteiger partial charge < -0.3 is 10.6 Å². The van der Waals surface area contributed by atoms with Gasteiger partial charge in [-0.1, -0.05) is 18.5 Å². The minimum atomic E-state index is 0. The highest BCUT2D eigenvalue weighted by Gasteiger charge is 2.29. The molecule has 1 aliphatic heterocycles. The van der Waals surface area contributed by atoms with Gasteiger partial charge in [-0.3, -0.25) is 4.79 Å².